The molecule has 0 bridgehead atoms. The van der Waals surface area contributed by atoms with Crippen molar-refractivity contribution in [3.05, 3.63) is 0 Å². The number of rotatable bonds is 2. The van der Waals surface area contributed by atoms with Gasteiger partial charge >= 0.3 is 5.97 Å². The highest BCUT2D eigenvalue weighted by Gasteiger charge is 2.31. The molecule has 0 aromatic carbocycles. The normalized spacial score (nSPS) is 31.8. The number of aliphatic carboxylic acids is 1. The Kier molecular flexibility index (Phi) is 3.05. The van der Waals surface area contributed by atoms with Gasteiger partial charge in [0, 0.05) is 6.54 Å². The first-order valence-electron chi connectivity index (χ1n) is 4.26. The number of carbonyl (C=O) groups is 1. The van der Waals surface area contributed by atoms with Gasteiger partial charge in [0.2, 0.25) is 0 Å². The number of hydrogen-bond donors (Lipinski definition) is 2. The van der Waals surface area contributed by atoms with Gasteiger partial charge < -0.3 is 15.7 Å². The fourth-order valence-electron chi connectivity index (χ4n) is 1.78. The number of nitrogens with two attached hydrogens (primary N) is 1. The smallest absolute Gasteiger partial charge is 0.306 e. The highest BCUT2D eigenvalue weighted by molar-refractivity contribution is 5.70. The summed E-state index contributed by atoms with van der Waals surface area (Å²) in [5.74, 6) is -0.800. The zero-order valence-electron chi connectivity index (χ0n) is 7.36. The van der Waals surface area contributed by atoms with E-state index in [0.717, 1.165) is 19.5 Å². The molecule has 1 fully saturated rings. The van der Waals surface area contributed by atoms with Crippen LogP contribution >= 0.6 is 0 Å². The molecule has 1 aliphatic heterocycles. The van der Waals surface area contributed by atoms with Gasteiger partial charge in [-0.2, -0.15) is 0 Å². The lowest BCUT2D eigenvalue weighted by Crippen LogP contribution is -2.44. The van der Waals surface area contributed by atoms with Crippen molar-refractivity contribution in [3.8, 4) is 0 Å². The van der Waals surface area contributed by atoms with E-state index in [-0.39, 0.29) is 11.8 Å². The molecule has 0 amide bonds. The molecule has 70 valence electrons. The minimum absolute atomic E-state index is 0.126. The van der Waals surface area contributed by atoms with Crippen molar-refractivity contribution < 1.29 is 9.90 Å². The second-order valence-electron chi connectivity index (χ2n) is 3.49. The lowest BCUT2D eigenvalue weighted by Gasteiger charge is -2.33. The van der Waals surface area contributed by atoms with Gasteiger partial charge in [0.15, 0.2) is 0 Å². The van der Waals surface area contributed by atoms with Crippen molar-refractivity contribution in [2.75, 3.05) is 26.7 Å². The van der Waals surface area contributed by atoms with Gasteiger partial charge in [0.05, 0.1) is 5.92 Å². The van der Waals surface area contributed by atoms with Gasteiger partial charge in [-0.1, -0.05) is 0 Å². The van der Waals surface area contributed by atoms with Crippen LogP contribution in [0.2, 0.25) is 0 Å². The number of nitrogens with zero attached hydrogens (tertiary/aromatic N) is 1. The van der Waals surface area contributed by atoms with Crippen LogP contribution in [0.4, 0.5) is 0 Å². The van der Waals surface area contributed by atoms with Crippen LogP contribution in [0.1, 0.15) is 6.42 Å². The number of hydrogen-bond acceptors (Lipinski definition) is 3. The second-order valence-corrected chi connectivity index (χ2v) is 3.49. The Morgan fingerprint density at radius 3 is 2.92 bits per heavy atom. The third-order valence-corrected chi connectivity index (χ3v) is 2.56. The summed E-state index contributed by atoms with van der Waals surface area (Å²) in [4.78, 5) is 12.9. The predicted octanol–water partition coefficient (Wildman–Crippen LogP) is -0.402. The quantitative estimate of drug-likeness (QED) is 0.594. The van der Waals surface area contributed by atoms with Gasteiger partial charge in [-0.3, -0.25) is 4.79 Å². The summed E-state index contributed by atoms with van der Waals surface area (Å²) in [5.41, 5.74) is 5.50. The maximum atomic E-state index is 10.8. The zero-order chi connectivity index (χ0) is 9.14. The highest BCUT2D eigenvalue weighted by Crippen LogP contribution is 2.21. The zero-order valence-corrected chi connectivity index (χ0v) is 7.36. The molecule has 0 aromatic rings. The maximum absolute atomic E-state index is 10.8. The molecule has 0 spiro atoms. The third-order valence-electron chi connectivity index (χ3n) is 2.56. The molecule has 1 saturated heterocycles. The average Bonchev–Trinajstić information content (AvgIpc) is 2.03. The van der Waals surface area contributed by atoms with Crippen molar-refractivity contribution in [3.63, 3.8) is 0 Å². The molecule has 1 rings (SSSR count). The van der Waals surface area contributed by atoms with E-state index < -0.39 is 5.97 Å². The summed E-state index contributed by atoms with van der Waals surface area (Å²) in [6.45, 7) is 2.16. The summed E-state index contributed by atoms with van der Waals surface area (Å²) in [6, 6.07) is 0. The molecular weight excluding hydrogens is 156 g/mol. The predicted molar refractivity (Wildman–Crippen MR) is 45.8 cm³/mol. The Morgan fingerprint density at radius 2 is 2.42 bits per heavy atom. The minimum Gasteiger partial charge on any atom is -0.481 e. The SMILES string of the molecule is CN1CC[C@@H](C(=O)O)[C@H](CN)C1. The van der Waals surface area contributed by atoms with Crippen molar-refractivity contribution in [2.45, 2.75) is 6.42 Å². The molecule has 0 unspecified atom stereocenters. The molecule has 0 saturated carbocycles. The number of carboxylic acid groups (broad SMARTS) is 1. The van der Waals surface area contributed by atoms with Gasteiger partial charge in [0.25, 0.3) is 0 Å². The first kappa shape index (κ1) is 9.48. The Balaban J connectivity index is 2.56. The molecule has 12 heavy (non-hydrogen) atoms. The maximum Gasteiger partial charge on any atom is 0.306 e. The number of likely N-dealkylation sites (tertiary alicyclic amines) is 1. The Labute approximate surface area is 72.3 Å². The Morgan fingerprint density at radius 1 is 1.75 bits per heavy atom. The lowest BCUT2D eigenvalue weighted by atomic mass is 9.86. The van der Waals surface area contributed by atoms with E-state index in [4.69, 9.17) is 10.8 Å². The average molecular weight is 172 g/mol. The van der Waals surface area contributed by atoms with Gasteiger partial charge in [-0.05, 0) is 32.5 Å². The van der Waals surface area contributed by atoms with Crippen LogP contribution in [0.3, 0.4) is 0 Å². The Bertz CT molecular complexity index is 172. The highest BCUT2D eigenvalue weighted by atomic mass is 16.4. The van der Waals surface area contributed by atoms with Crippen LogP contribution in [-0.4, -0.2) is 42.7 Å². The monoisotopic (exact) mass is 172 g/mol. The van der Waals surface area contributed by atoms with E-state index in [9.17, 15) is 4.79 Å². The third kappa shape index (κ3) is 1.95. The van der Waals surface area contributed by atoms with Crippen LogP contribution in [0.5, 0.6) is 0 Å². The topological polar surface area (TPSA) is 66.6 Å². The minimum atomic E-state index is -0.696. The molecular formula is C8H16N2O2. The first-order chi connectivity index (χ1) is 5.65. The van der Waals surface area contributed by atoms with Crippen LogP contribution in [0.25, 0.3) is 0 Å². The van der Waals surface area contributed by atoms with Crippen LogP contribution in [0.15, 0.2) is 0 Å². The number of piperidine rings is 1. The van der Waals surface area contributed by atoms with E-state index in [2.05, 4.69) is 4.90 Å². The molecule has 1 heterocycles. The van der Waals surface area contributed by atoms with Gasteiger partial charge in [-0.25, -0.2) is 0 Å². The summed E-state index contributed by atoms with van der Waals surface area (Å²) in [5, 5.41) is 8.85. The number of carboxylic acids is 1. The molecule has 4 heteroatoms. The van der Waals surface area contributed by atoms with Gasteiger partial charge in [-0.15, -0.1) is 0 Å². The molecule has 0 aliphatic carbocycles. The van der Waals surface area contributed by atoms with Crippen LogP contribution in [0, 0.1) is 11.8 Å². The first-order valence-corrected chi connectivity index (χ1v) is 4.26. The Hall–Kier alpha value is -0.610. The van der Waals surface area contributed by atoms with E-state index in [1.54, 1.807) is 0 Å². The molecule has 2 atom stereocenters. The summed E-state index contributed by atoms with van der Waals surface area (Å²) in [6.07, 6.45) is 0.730. The summed E-state index contributed by atoms with van der Waals surface area (Å²) >= 11 is 0. The van der Waals surface area contributed by atoms with Crippen molar-refractivity contribution in [2.24, 2.45) is 17.6 Å². The molecule has 4 nitrogen and oxygen atoms in total. The molecule has 0 radical (unpaired) electrons. The van der Waals surface area contributed by atoms with E-state index in [0.29, 0.717) is 6.54 Å². The van der Waals surface area contributed by atoms with E-state index in [1.165, 1.54) is 0 Å². The van der Waals surface area contributed by atoms with E-state index >= 15 is 0 Å². The van der Waals surface area contributed by atoms with Crippen molar-refractivity contribution in [1.29, 1.82) is 0 Å². The van der Waals surface area contributed by atoms with Crippen molar-refractivity contribution in [1.82, 2.24) is 4.90 Å². The molecule has 0 aromatic heterocycles. The lowest BCUT2D eigenvalue weighted by molar-refractivity contribution is -0.145. The molecule has 3 N–H and O–H groups in total. The molecule has 1 aliphatic rings. The van der Waals surface area contributed by atoms with Crippen LogP contribution < -0.4 is 5.73 Å². The van der Waals surface area contributed by atoms with Crippen molar-refractivity contribution >= 4 is 5.97 Å². The van der Waals surface area contributed by atoms with Crippen LogP contribution in [-0.2, 0) is 4.79 Å². The summed E-state index contributed by atoms with van der Waals surface area (Å²) in [7, 11) is 2.00. The second kappa shape index (κ2) is 3.87. The van der Waals surface area contributed by atoms with Gasteiger partial charge in [0.1, 0.15) is 0 Å². The summed E-state index contributed by atoms with van der Waals surface area (Å²) < 4.78 is 0. The fraction of sp³-hybridized carbons (Fsp3) is 0.875. The largest absolute Gasteiger partial charge is 0.481 e. The standard InChI is InChI=1S/C8H16N2O2/c1-10-3-2-7(8(11)12)6(4-9)5-10/h6-7H,2-5,9H2,1H3,(H,11,12)/t6-,7-/m1/s1. The van der Waals surface area contributed by atoms with E-state index in [1.807, 2.05) is 7.05 Å². The fourth-order valence-corrected chi connectivity index (χ4v) is 1.78.